The highest BCUT2D eigenvalue weighted by atomic mass is 15.0. The largest absolute Gasteiger partial charge is 0.340 e. The highest BCUT2D eigenvalue weighted by molar-refractivity contribution is 5.69. The number of imidazole rings is 1. The lowest BCUT2D eigenvalue weighted by molar-refractivity contribution is 0.624. The van der Waals surface area contributed by atoms with E-state index in [9.17, 15) is 0 Å². The third-order valence-corrected chi connectivity index (χ3v) is 2.73. The first-order valence-electron chi connectivity index (χ1n) is 5.42. The molecule has 2 heterocycles. The smallest absolute Gasteiger partial charge is 0.177 e. The van der Waals surface area contributed by atoms with E-state index in [1.165, 1.54) is 12.8 Å². The monoisotopic (exact) mass is 202 g/mol. The van der Waals surface area contributed by atoms with Gasteiger partial charge in [-0.3, -0.25) is 0 Å². The van der Waals surface area contributed by atoms with Gasteiger partial charge in [-0.2, -0.15) is 0 Å². The van der Waals surface area contributed by atoms with Gasteiger partial charge in [0.2, 0.25) is 0 Å². The maximum atomic E-state index is 4.40. The Kier molecular flexibility index (Phi) is 2.14. The molecule has 15 heavy (non-hydrogen) atoms. The van der Waals surface area contributed by atoms with Gasteiger partial charge in [-0.25, -0.2) is 9.97 Å². The summed E-state index contributed by atoms with van der Waals surface area (Å²) in [5.74, 6) is 1.89. The summed E-state index contributed by atoms with van der Waals surface area (Å²) in [6.45, 7) is 1.93. The van der Waals surface area contributed by atoms with Crippen molar-refractivity contribution in [3.05, 3.63) is 24.2 Å². The van der Waals surface area contributed by atoms with Gasteiger partial charge in [0, 0.05) is 6.20 Å². The average Bonchev–Trinajstić information content (AvgIpc) is 2.97. The van der Waals surface area contributed by atoms with Gasteiger partial charge in [0.25, 0.3) is 0 Å². The van der Waals surface area contributed by atoms with E-state index in [1.807, 2.05) is 12.1 Å². The van der Waals surface area contributed by atoms with Crippen LogP contribution >= 0.6 is 0 Å². The fourth-order valence-electron chi connectivity index (χ4n) is 1.70. The van der Waals surface area contributed by atoms with Crippen molar-refractivity contribution in [3.63, 3.8) is 0 Å². The Morgan fingerprint density at radius 1 is 1.47 bits per heavy atom. The van der Waals surface area contributed by atoms with Gasteiger partial charge in [-0.15, -0.1) is 0 Å². The van der Waals surface area contributed by atoms with Crippen LogP contribution in [0.3, 0.4) is 0 Å². The number of nitrogens with zero attached hydrogens (tertiary/aromatic N) is 2. The Morgan fingerprint density at radius 3 is 3.20 bits per heavy atom. The molecule has 0 radical (unpaired) electrons. The van der Waals surface area contributed by atoms with E-state index in [-0.39, 0.29) is 0 Å². The van der Waals surface area contributed by atoms with Crippen molar-refractivity contribution in [2.45, 2.75) is 19.4 Å². The first-order chi connectivity index (χ1) is 7.42. The van der Waals surface area contributed by atoms with Crippen molar-refractivity contribution in [1.82, 2.24) is 20.3 Å². The maximum absolute atomic E-state index is 4.40. The van der Waals surface area contributed by atoms with Gasteiger partial charge in [0.15, 0.2) is 5.65 Å². The van der Waals surface area contributed by atoms with E-state index in [0.717, 1.165) is 36.0 Å². The van der Waals surface area contributed by atoms with Gasteiger partial charge in [-0.05, 0) is 37.4 Å². The van der Waals surface area contributed by atoms with Gasteiger partial charge in [-0.1, -0.05) is 0 Å². The minimum atomic E-state index is 0.806. The van der Waals surface area contributed by atoms with Crippen LogP contribution in [0, 0.1) is 5.92 Å². The first-order valence-corrected chi connectivity index (χ1v) is 5.42. The van der Waals surface area contributed by atoms with Crippen LogP contribution < -0.4 is 5.32 Å². The van der Waals surface area contributed by atoms with Crippen molar-refractivity contribution in [1.29, 1.82) is 0 Å². The number of aromatic amines is 1. The molecule has 4 heteroatoms. The molecule has 0 amide bonds. The highest BCUT2D eigenvalue weighted by Gasteiger charge is 2.20. The molecule has 2 N–H and O–H groups in total. The summed E-state index contributed by atoms with van der Waals surface area (Å²) in [5.41, 5.74) is 1.82. The molecule has 2 aromatic heterocycles. The van der Waals surface area contributed by atoms with Gasteiger partial charge in [0.05, 0.1) is 12.1 Å². The third kappa shape index (κ3) is 1.99. The van der Waals surface area contributed by atoms with Crippen LogP contribution in [-0.4, -0.2) is 21.5 Å². The van der Waals surface area contributed by atoms with Gasteiger partial charge in [0.1, 0.15) is 5.82 Å². The van der Waals surface area contributed by atoms with E-state index in [0.29, 0.717) is 0 Å². The molecule has 0 aliphatic heterocycles. The summed E-state index contributed by atoms with van der Waals surface area (Å²) in [7, 11) is 0. The molecule has 2 aromatic rings. The quantitative estimate of drug-likeness (QED) is 0.789. The van der Waals surface area contributed by atoms with E-state index in [1.54, 1.807) is 6.20 Å². The molecule has 0 aromatic carbocycles. The number of hydrogen-bond acceptors (Lipinski definition) is 3. The Morgan fingerprint density at radius 2 is 2.40 bits per heavy atom. The Hall–Kier alpha value is -1.42. The third-order valence-electron chi connectivity index (χ3n) is 2.73. The molecule has 0 atom stereocenters. The predicted octanol–water partition coefficient (Wildman–Crippen LogP) is 1.46. The number of rotatable bonds is 4. The van der Waals surface area contributed by atoms with E-state index >= 15 is 0 Å². The molecule has 0 unspecified atom stereocenters. The maximum Gasteiger partial charge on any atom is 0.177 e. The van der Waals surface area contributed by atoms with E-state index < -0.39 is 0 Å². The van der Waals surface area contributed by atoms with Crippen LogP contribution in [0.15, 0.2) is 18.3 Å². The van der Waals surface area contributed by atoms with Crippen LogP contribution in [0.25, 0.3) is 11.2 Å². The van der Waals surface area contributed by atoms with Crippen molar-refractivity contribution in [2.24, 2.45) is 5.92 Å². The van der Waals surface area contributed by atoms with Crippen LogP contribution in [0.4, 0.5) is 0 Å². The molecule has 0 saturated heterocycles. The molecule has 1 saturated carbocycles. The molecule has 1 fully saturated rings. The lowest BCUT2D eigenvalue weighted by Gasteiger charge is -1.98. The Bertz CT molecular complexity index is 425. The highest BCUT2D eigenvalue weighted by Crippen LogP contribution is 2.27. The number of pyridine rings is 1. The number of H-pyrrole nitrogens is 1. The standard InChI is InChI=1S/C11H14N4/c1-2-9-11(13-5-1)15-10(14-9)7-12-6-8-3-4-8/h1-2,5,8,12H,3-4,6-7H2,(H,13,14,15). The van der Waals surface area contributed by atoms with Crippen LogP contribution in [-0.2, 0) is 6.54 Å². The summed E-state index contributed by atoms with van der Waals surface area (Å²) in [4.78, 5) is 11.8. The van der Waals surface area contributed by atoms with Crippen molar-refractivity contribution in [3.8, 4) is 0 Å². The number of nitrogens with one attached hydrogen (secondary N) is 2. The minimum Gasteiger partial charge on any atom is -0.340 e. The van der Waals surface area contributed by atoms with Crippen LogP contribution in [0.2, 0.25) is 0 Å². The molecule has 0 bridgehead atoms. The number of hydrogen-bond donors (Lipinski definition) is 2. The van der Waals surface area contributed by atoms with Crippen LogP contribution in [0.5, 0.6) is 0 Å². The van der Waals surface area contributed by atoms with Crippen molar-refractivity contribution >= 4 is 11.2 Å². The molecule has 3 rings (SSSR count). The summed E-state index contributed by atoms with van der Waals surface area (Å²) in [5, 5.41) is 3.40. The summed E-state index contributed by atoms with van der Waals surface area (Å²) >= 11 is 0. The zero-order chi connectivity index (χ0) is 10.1. The van der Waals surface area contributed by atoms with E-state index in [4.69, 9.17) is 0 Å². The van der Waals surface area contributed by atoms with Gasteiger partial charge < -0.3 is 10.3 Å². The molecular weight excluding hydrogens is 188 g/mol. The average molecular weight is 202 g/mol. The normalized spacial score (nSPS) is 16.0. The minimum absolute atomic E-state index is 0.806. The van der Waals surface area contributed by atoms with Crippen molar-refractivity contribution < 1.29 is 0 Å². The zero-order valence-corrected chi connectivity index (χ0v) is 8.53. The number of aromatic nitrogens is 3. The Labute approximate surface area is 88.1 Å². The molecule has 0 spiro atoms. The second-order valence-electron chi connectivity index (χ2n) is 4.13. The fourth-order valence-corrected chi connectivity index (χ4v) is 1.70. The van der Waals surface area contributed by atoms with Crippen molar-refractivity contribution in [2.75, 3.05) is 6.54 Å². The second kappa shape index (κ2) is 3.62. The first kappa shape index (κ1) is 8.85. The Balaban J connectivity index is 1.68. The van der Waals surface area contributed by atoms with Gasteiger partial charge >= 0.3 is 0 Å². The molecule has 4 nitrogen and oxygen atoms in total. The molecule has 78 valence electrons. The topological polar surface area (TPSA) is 53.6 Å². The van der Waals surface area contributed by atoms with E-state index in [2.05, 4.69) is 20.3 Å². The fraction of sp³-hybridized carbons (Fsp3) is 0.455. The summed E-state index contributed by atoms with van der Waals surface area (Å²) in [6, 6.07) is 3.92. The molecule has 1 aliphatic rings. The molecule has 1 aliphatic carbocycles. The number of fused-ring (bicyclic) bond motifs is 1. The lowest BCUT2D eigenvalue weighted by atomic mass is 10.4. The summed E-state index contributed by atoms with van der Waals surface area (Å²) < 4.78 is 0. The second-order valence-corrected chi connectivity index (χ2v) is 4.13. The zero-order valence-electron chi connectivity index (χ0n) is 8.53. The lowest BCUT2D eigenvalue weighted by Crippen LogP contribution is -2.16. The van der Waals surface area contributed by atoms with Crippen LogP contribution in [0.1, 0.15) is 18.7 Å². The summed E-state index contributed by atoms with van der Waals surface area (Å²) in [6.07, 6.45) is 4.54. The molecular formula is C11H14N4. The predicted molar refractivity (Wildman–Crippen MR) is 58.3 cm³/mol. The SMILES string of the molecule is c1cnc2nc(CNCC3CC3)[nH]c2c1.